The lowest BCUT2D eigenvalue weighted by atomic mass is 9.59. The smallest absolute Gasteiger partial charge is 0.330 e. The van der Waals surface area contributed by atoms with Gasteiger partial charge in [-0.15, -0.1) is 0 Å². The molecule has 3 aliphatic carbocycles. The summed E-state index contributed by atoms with van der Waals surface area (Å²) in [6, 6.07) is 28.4. The van der Waals surface area contributed by atoms with Crippen molar-refractivity contribution in [2.45, 2.75) is 18.3 Å². The molecule has 0 aromatic heterocycles. The van der Waals surface area contributed by atoms with E-state index in [1.165, 1.54) is 22.3 Å². The summed E-state index contributed by atoms with van der Waals surface area (Å²) in [6.45, 7) is 4.13. The van der Waals surface area contributed by atoms with Crippen molar-refractivity contribution >= 4 is 22.7 Å². The van der Waals surface area contributed by atoms with E-state index in [1.807, 2.05) is 36.4 Å². The third-order valence-electron chi connectivity index (χ3n) is 7.79. The molecule has 4 aromatic carbocycles. The molecule has 2 bridgehead atoms. The van der Waals surface area contributed by atoms with Gasteiger partial charge in [0.05, 0.1) is 5.92 Å². The SMILES string of the molecule is C=CC(=O)OCCOc1ccc(OCCOC(=O)C2CC3c4ccccc4C2c2ccccc23)c2ccccc12. The van der Waals surface area contributed by atoms with E-state index in [0.717, 1.165) is 23.3 Å². The number of carbonyl (C=O) groups is 2. The molecule has 1 atom stereocenters. The Labute approximate surface area is 233 Å². The van der Waals surface area contributed by atoms with Crippen LogP contribution in [0.1, 0.15) is 40.5 Å². The Bertz CT molecular complexity index is 1530. The van der Waals surface area contributed by atoms with Crippen molar-refractivity contribution in [3.05, 3.63) is 120 Å². The maximum atomic E-state index is 13.3. The van der Waals surface area contributed by atoms with Crippen LogP contribution in [0.15, 0.2) is 97.6 Å². The number of fused-ring (bicyclic) bond motifs is 2. The van der Waals surface area contributed by atoms with Gasteiger partial charge in [-0.05, 0) is 40.8 Å². The topological polar surface area (TPSA) is 71.1 Å². The van der Waals surface area contributed by atoms with Crippen molar-refractivity contribution < 1.29 is 28.5 Å². The molecule has 0 fully saturated rings. The minimum absolute atomic E-state index is 0.0163. The van der Waals surface area contributed by atoms with E-state index in [4.69, 9.17) is 18.9 Å². The summed E-state index contributed by atoms with van der Waals surface area (Å²) in [5.74, 6) is 0.707. The Morgan fingerprint density at radius 1 is 0.675 bits per heavy atom. The molecule has 6 heteroatoms. The zero-order valence-corrected chi connectivity index (χ0v) is 22.1. The Balaban J connectivity index is 1.08. The van der Waals surface area contributed by atoms with E-state index in [9.17, 15) is 9.59 Å². The van der Waals surface area contributed by atoms with E-state index in [2.05, 4.69) is 55.1 Å². The fraction of sp³-hybridized carbons (Fsp3) is 0.235. The fourth-order valence-corrected chi connectivity index (χ4v) is 6.12. The molecule has 3 aliphatic rings. The van der Waals surface area contributed by atoms with E-state index < -0.39 is 5.97 Å². The van der Waals surface area contributed by atoms with Gasteiger partial charge >= 0.3 is 11.9 Å². The summed E-state index contributed by atoms with van der Waals surface area (Å²) >= 11 is 0. The van der Waals surface area contributed by atoms with Crippen LogP contribution in [-0.4, -0.2) is 38.4 Å². The summed E-state index contributed by atoms with van der Waals surface area (Å²) < 4.78 is 22.6. The summed E-state index contributed by atoms with van der Waals surface area (Å²) in [4.78, 5) is 24.6. The van der Waals surface area contributed by atoms with Crippen molar-refractivity contribution in [3.63, 3.8) is 0 Å². The van der Waals surface area contributed by atoms with Crippen molar-refractivity contribution in [1.82, 2.24) is 0 Å². The number of esters is 2. The van der Waals surface area contributed by atoms with Crippen LogP contribution < -0.4 is 9.47 Å². The molecule has 202 valence electrons. The molecular formula is C34H30O6. The number of hydrogen-bond acceptors (Lipinski definition) is 6. The number of benzene rings is 4. The third kappa shape index (κ3) is 4.81. The number of rotatable bonds is 10. The van der Waals surface area contributed by atoms with Crippen LogP contribution in [-0.2, 0) is 19.1 Å². The van der Waals surface area contributed by atoms with Gasteiger partial charge in [0.2, 0.25) is 0 Å². The normalized spacial score (nSPS) is 18.4. The molecule has 0 amide bonds. The van der Waals surface area contributed by atoms with Crippen LogP contribution in [0.5, 0.6) is 11.5 Å². The van der Waals surface area contributed by atoms with E-state index in [1.54, 1.807) is 0 Å². The minimum atomic E-state index is -0.483. The minimum Gasteiger partial charge on any atom is -0.489 e. The maximum Gasteiger partial charge on any atom is 0.330 e. The first-order valence-corrected chi connectivity index (χ1v) is 13.6. The number of ether oxygens (including phenoxy) is 4. The Morgan fingerprint density at radius 3 is 1.73 bits per heavy atom. The van der Waals surface area contributed by atoms with Gasteiger partial charge in [0.1, 0.15) is 37.9 Å². The van der Waals surface area contributed by atoms with Crippen LogP contribution in [0.3, 0.4) is 0 Å². The van der Waals surface area contributed by atoms with Gasteiger partial charge in [0, 0.05) is 28.7 Å². The molecule has 0 spiro atoms. The zero-order valence-electron chi connectivity index (χ0n) is 22.1. The van der Waals surface area contributed by atoms with Crippen molar-refractivity contribution in [3.8, 4) is 11.5 Å². The lowest BCUT2D eigenvalue weighted by molar-refractivity contribution is -0.150. The molecule has 0 aliphatic heterocycles. The monoisotopic (exact) mass is 534 g/mol. The van der Waals surface area contributed by atoms with Crippen LogP contribution in [0.2, 0.25) is 0 Å². The van der Waals surface area contributed by atoms with Gasteiger partial charge < -0.3 is 18.9 Å². The number of carbonyl (C=O) groups excluding carboxylic acids is 2. The van der Waals surface area contributed by atoms with E-state index >= 15 is 0 Å². The van der Waals surface area contributed by atoms with Gasteiger partial charge in [0.15, 0.2) is 0 Å². The first-order chi connectivity index (χ1) is 19.7. The highest BCUT2D eigenvalue weighted by molar-refractivity contribution is 5.93. The van der Waals surface area contributed by atoms with Crippen LogP contribution in [0.4, 0.5) is 0 Å². The molecule has 1 unspecified atom stereocenters. The predicted molar refractivity (Wildman–Crippen MR) is 152 cm³/mol. The predicted octanol–water partition coefficient (Wildman–Crippen LogP) is 6.17. The summed E-state index contributed by atoms with van der Waals surface area (Å²) in [5.41, 5.74) is 5.14. The second-order valence-electron chi connectivity index (χ2n) is 9.97. The second-order valence-corrected chi connectivity index (χ2v) is 9.97. The Kier molecular flexibility index (Phi) is 7.23. The fourth-order valence-electron chi connectivity index (χ4n) is 6.12. The molecule has 0 saturated heterocycles. The highest BCUT2D eigenvalue weighted by atomic mass is 16.6. The molecule has 0 N–H and O–H groups in total. The average Bonchev–Trinajstić information content (AvgIpc) is 3.01. The van der Waals surface area contributed by atoms with Gasteiger partial charge in [-0.1, -0.05) is 79.4 Å². The van der Waals surface area contributed by atoms with Crippen molar-refractivity contribution in [2.75, 3.05) is 26.4 Å². The molecule has 4 aromatic rings. The highest BCUT2D eigenvalue weighted by Gasteiger charge is 2.46. The summed E-state index contributed by atoms with van der Waals surface area (Å²) in [6.07, 6.45) is 1.88. The second kappa shape index (κ2) is 11.3. The van der Waals surface area contributed by atoms with E-state index in [0.29, 0.717) is 11.5 Å². The number of hydrogen-bond donors (Lipinski definition) is 0. The van der Waals surface area contributed by atoms with Crippen LogP contribution >= 0.6 is 0 Å². The molecule has 0 radical (unpaired) electrons. The Morgan fingerprint density at radius 2 is 1.18 bits per heavy atom. The van der Waals surface area contributed by atoms with Crippen molar-refractivity contribution in [2.24, 2.45) is 5.92 Å². The van der Waals surface area contributed by atoms with Gasteiger partial charge in [0.25, 0.3) is 0 Å². The first-order valence-electron chi connectivity index (χ1n) is 13.6. The molecule has 40 heavy (non-hydrogen) atoms. The van der Waals surface area contributed by atoms with Crippen molar-refractivity contribution in [1.29, 1.82) is 0 Å². The zero-order chi connectivity index (χ0) is 27.5. The van der Waals surface area contributed by atoms with Gasteiger partial charge in [-0.2, -0.15) is 0 Å². The molecule has 0 heterocycles. The quantitative estimate of drug-likeness (QED) is 0.138. The highest BCUT2D eigenvalue weighted by Crippen LogP contribution is 2.55. The maximum absolute atomic E-state index is 13.3. The Hall–Kier alpha value is -4.58. The summed E-state index contributed by atoms with van der Waals surface area (Å²) in [5, 5.41) is 1.76. The lowest BCUT2D eigenvalue weighted by Crippen LogP contribution is -2.37. The molecule has 6 nitrogen and oxygen atoms in total. The van der Waals surface area contributed by atoms with Gasteiger partial charge in [-0.25, -0.2) is 4.79 Å². The van der Waals surface area contributed by atoms with Gasteiger partial charge in [-0.3, -0.25) is 4.79 Å². The largest absolute Gasteiger partial charge is 0.489 e. The first kappa shape index (κ1) is 25.7. The standard InChI is InChI=1S/C34H30O6/c1-2-32(35)39-19-17-37-30-15-16-31(25-12-6-5-11-24(25)30)38-18-20-40-34(36)29-21-28-22-9-3-7-13-26(22)33(29)27-14-8-4-10-23(27)28/h2-16,28-29,33H,1,17-21H2. The van der Waals surface area contributed by atoms with Crippen LogP contribution in [0, 0.1) is 5.92 Å². The summed E-state index contributed by atoms with van der Waals surface area (Å²) in [7, 11) is 0. The van der Waals surface area contributed by atoms with Crippen LogP contribution in [0.25, 0.3) is 10.8 Å². The molecule has 0 saturated carbocycles. The lowest BCUT2D eigenvalue weighted by Gasteiger charge is -2.44. The third-order valence-corrected chi connectivity index (χ3v) is 7.79. The molecule has 7 rings (SSSR count). The molecular weight excluding hydrogens is 504 g/mol. The average molecular weight is 535 g/mol. The van der Waals surface area contributed by atoms with E-state index in [-0.39, 0.29) is 50.2 Å².